The van der Waals surface area contributed by atoms with E-state index in [9.17, 15) is 9.59 Å². The fraction of sp³-hybridized carbons (Fsp3) is 0.118. The molecule has 0 saturated carbocycles. The number of rotatable bonds is 3. The molecule has 23 heavy (non-hydrogen) atoms. The second-order valence-corrected chi connectivity index (χ2v) is 5.59. The Balaban J connectivity index is 1.87. The van der Waals surface area contributed by atoms with Gasteiger partial charge < -0.3 is 5.32 Å². The van der Waals surface area contributed by atoms with Crippen LogP contribution in [0.5, 0.6) is 0 Å². The third-order valence-corrected chi connectivity index (χ3v) is 3.71. The Kier molecular flexibility index (Phi) is 4.12. The van der Waals surface area contributed by atoms with E-state index in [-0.39, 0.29) is 23.6 Å². The minimum atomic E-state index is -0.294. The van der Waals surface area contributed by atoms with Crippen LogP contribution in [-0.2, 0) is 11.2 Å². The third-order valence-electron chi connectivity index (χ3n) is 3.46. The van der Waals surface area contributed by atoms with Gasteiger partial charge in [0.2, 0.25) is 5.91 Å². The first-order chi connectivity index (χ1) is 11.0. The molecule has 3 rings (SSSR count). The number of carbonyl (C=O) groups is 1. The summed E-state index contributed by atoms with van der Waals surface area (Å²) in [6.07, 6.45) is 1.78. The molecular formula is C17H14ClN3O2. The van der Waals surface area contributed by atoms with Crippen molar-refractivity contribution >= 4 is 28.8 Å². The van der Waals surface area contributed by atoms with Crippen molar-refractivity contribution in [2.75, 3.05) is 5.32 Å². The van der Waals surface area contributed by atoms with Crippen LogP contribution in [0, 0.1) is 6.92 Å². The number of anilines is 1. The predicted molar refractivity (Wildman–Crippen MR) is 90.0 cm³/mol. The number of hydrogen-bond acceptors (Lipinski definition) is 3. The maximum Gasteiger partial charge on any atom is 0.281 e. The van der Waals surface area contributed by atoms with E-state index in [1.54, 1.807) is 55.6 Å². The van der Waals surface area contributed by atoms with E-state index >= 15 is 0 Å². The van der Waals surface area contributed by atoms with Gasteiger partial charge in [0.1, 0.15) is 11.3 Å². The van der Waals surface area contributed by atoms with Gasteiger partial charge in [-0.2, -0.15) is 0 Å². The number of hydrogen-bond donors (Lipinski definition) is 1. The molecule has 0 fully saturated rings. The topological polar surface area (TPSA) is 63.5 Å². The molecule has 1 aromatic carbocycles. The van der Waals surface area contributed by atoms with Crippen LogP contribution in [0.3, 0.4) is 0 Å². The van der Waals surface area contributed by atoms with Gasteiger partial charge in [-0.05, 0) is 36.8 Å². The third kappa shape index (κ3) is 3.24. The molecule has 2 heterocycles. The van der Waals surface area contributed by atoms with Crippen molar-refractivity contribution in [2.24, 2.45) is 0 Å². The lowest BCUT2D eigenvalue weighted by Crippen LogP contribution is -2.25. The molecule has 1 N–H and O–H groups in total. The first-order valence-electron chi connectivity index (χ1n) is 7.07. The van der Waals surface area contributed by atoms with Crippen molar-refractivity contribution in [1.82, 2.24) is 9.38 Å². The maximum absolute atomic E-state index is 12.5. The summed E-state index contributed by atoms with van der Waals surface area (Å²) in [6.45, 7) is 1.70. The molecule has 0 saturated heterocycles. The highest BCUT2D eigenvalue weighted by Crippen LogP contribution is 2.12. The molecule has 1 amide bonds. The Hall–Kier alpha value is -2.66. The van der Waals surface area contributed by atoms with Gasteiger partial charge in [0.05, 0.1) is 12.1 Å². The van der Waals surface area contributed by atoms with E-state index in [0.29, 0.717) is 16.4 Å². The van der Waals surface area contributed by atoms with Crippen molar-refractivity contribution in [3.8, 4) is 0 Å². The zero-order chi connectivity index (χ0) is 16.4. The Bertz CT molecular complexity index is 933. The van der Waals surface area contributed by atoms with Gasteiger partial charge >= 0.3 is 0 Å². The molecule has 0 atom stereocenters. The highest BCUT2D eigenvalue weighted by atomic mass is 35.5. The normalized spacial score (nSPS) is 10.7. The summed E-state index contributed by atoms with van der Waals surface area (Å²) in [5.41, 5.74) is 1.76. The number of benzene rings is 1. The quantitative estimate of drug-likeness (QED) is 0.804. The Labute approximate surface area is 137 Å². The molecular weight excluding hydrogens is 314 g/mol. The number of nitrogens with one attached hydrogen (secondary N) is 1. The van der Waals surface area contributed by atoms with Crippen LogP contribution < -0.4 is 10.9 Å². The first-order valence-corrected chi connectivity index (χ1v) is 7.44. The van der Waals surface area contributed by atoms with Crippen LogP contribution in [0.15, 0.2) is 53.5 Å². The lowest BCUT2D eigenvalue weighted by Gasteiger charge is -2.09. The van der Waals surface area contributed by atoms with Crippen LogP contribution in [0.1, 0.15) is 11.3 Å². The molecule has 5 nitrogen and oxygen atoms in total. The summed E-state index contributed by atoms with van der Waals surface area (Å²) in [5.74, 6) is -0.273. The van der Waals surface area contributed by atoms with Crippen LogP contribution in [0.2, 0.25) is 5.02 Å². The molecule has 0 spiro atoms. The summed E-state index contributed by atoms with van der Waals surface area (Å²) in [6, 6.07) is 12.3. The summed E-state index contributed by atoms with van der Waals surface area (Å²) < 4.78 is 1.41. The number of halogens is 1. The highest BCUT2D eigenvalue weighted by Gasteiger charge is 2.12. The molecule has 6 heteroatoms. The van der Waals surface area contributed by atoms with Crippen LogP contribution in [-0.4, -0.2) is 15.3 Å². The molecule has 0 aliphatic carbocycles. The smallest absolute Gasteiger partial charge is 0.281 e. The molecule has 0 aliphatic heterocycles. The predicted octanol–water partition coefficient (Wildman–Crippen LogP) is 2.84. The monoisotopic (exact) mass is 327 g/mol. The van der Waals surface area contributed by atoms with Gasteiger partial charge in [-0.1, -0.05) is 29.8 Å². The number of aryl methyl sites for hydroxylation is 1. The van der Waals surface area contributed by atoms with E-state index in [0.717, 1.165) is 5.56 Å². The number of amides is 1. The average molecular weight is 328 g/mol. The van der Waals surface area contributed by atoms with E-state index in [1.165, 1.54) is 4.40 Å². The van der Waals surface area contributed by atoms with Crippen molar-refractivity contribution in [1.29, 1.82) is 0 Å². The molecule has 0 radical (unpaired) electrons. The number of fused-ring (bicyclic) bond motifs is 1. The average Bonchev–Trinajstić information content (AvgIpc) is 2.54. The van der Waals surface area contributed by atoms with Crippen LogP contribution in [0.25, 0.3) is 5.65 Å². The number of aromatic nitrogens is 2. The second-order valence-electron chi connectivity index (χ2n) is 5.16. The van der Waals surface area contributed by atoms with Gasteiger partial charge in [0, 0.05) is 11.2 Å². The van der Waals surface area contributed by atoms with E-state index in [1.807, 2.05) is 0 Å². The lowest BCUT2D eigenvalue weighted by atomic mass is 10.1. The molecule has 2 aromatic heterocycles. The van der Waals surface area contributed by atoms with Crippen molar-refractivity contribution in [3.63, 3.8) is 0 Å². The molecule has 0 bridgehead atoms. The van der Waals surface area contributed by atoms with Gasteiger partial charge in [-0.25, -0.2) is 4.98 Å². The summed E-state index contributed by atoms with van der Waals surface area (Å²) in [5, 5.41) is 3.28. The van der Waals surface area contributed by atoms with Crippen molar-refractivity contribution in [3.05, 3.63) is 75.3 Å². The molecule has 0 aliphatic rings. The van der Waals surface area contributed by atoms with Gasteiger partial charge in [0.15, 0.2) is 0 Å². The Morgan fingerprint density at radius 2 is 1.96 bits per heavy atom. The SMILES string of the molecule is Cc1nc2ccccn2c(=O)c1NC(=O)Cc1ccc(Cl)cc1. The fourth-order valence-electron chi connectivity index (χ4n) is 2.32. The number of pyridine rings is 1. The summed E-state index contributed by atoms with van der Waals surface area (Å²) >= 11 is 5.82. The standard InChI is InChI=1S/C17H14ClN3O2/c1-11-16(17(23)21-9-3-2-4-14(21)19-11)20-15(22)10-12-5-7-13(18)8-6-12/h2-9H,10H2,1H3,(H,20,22). The van der Waals surface area contributed by atoms with Crippen LogP contribution >= 0.6 is 11.6 Å². The summed E-state index contributed by atoms with van der Waals surface area (Å²) in [7, 11) is 0. The highest BCUT2D eigenvalue weighted by molar-refractivity contribution is 6.30. The minimum absolute atomic E-state index is 0.160. The molecule has 116 valence electrons. The van der Waals surface area contributed by atoms with Gasteiger partial charge in [-0.3, -0.25) is 14.0 Å². The minimum Gasteiger partial charge on any atom is -0.320 e. The van der Waals surface area contributed by atoms with Crippen molar-refractivity contribution in [2.45, 2.75) is 13.3 Å². The number of nitrogens with zero attached hydrogens (tertiary/aromatic N) is 2. The first kappa shape index (κ1) is 15.2. The van der Waals surface area contributed by atoms with Gasteiger partial charge in [0.25, 0.3) is 5.56 Å². The zero-order valence-corrected chi connectivity index (χ0v) is 13.2. The van der Waals surface area contributed by atoms with Gasteiger partial charge in [-0.15, -0.1) is 0 Å². The largest absolute Gasteiger partial charge is 0.320 e. The summed E-state index contributed by atoms with van der Waals surface area (Å²) in [4.78, 5) is 29.0. The van der Waals surface area contributed by atoms with E-state index in [4.69, 9.17) is 11.6 Å². The fourth-order valence-corrected chi connectivity index (χ4v) is 2.44. The van der Waals surface area contributed by atoms with E-state index in [2.05, 4.69) is 10.3 Å². The zero-order valence-electron chi connectivity index (χ0n) is 12.4. The molecule has 0 unspecified atom stereocenters. The Morgan fingerprint density at radius 3 is 2.70 bits per heavy atom. The lowest BCUT2D eigenvalue weighted by molar-refractivity contribution is -0.115. The van der Waals surface area contributed by atoms with Crippen LogP contribution in [0.4, 0.5) is 5.69 Å². The Morgan fingerprint density at radius 1 is 1.22 bits per heavy atom. The number of carbonyl (C=O) groups excluding carboxylic acids is 1. The molecule has 3 aromatic rings. The maximum atomic E-state index is 12.5. The van der Waals surface area contributed by atoms with Crippen molar-refractivity contribution < 1.29 is 4.79 Å². The van der Waals surface area contributed by atoms with E-state index < -0.39 is 0 Å². The second kappa shape index (κ2) is 6.22.